The molecule has 1 aromatic carbocycles. The standard InChI is InChI=1S/C19H16ClN5O2/c1-11-15(18(26)27-2)16(12-7-9-21-10-8-12)25-19(22-11)23-17(24-25)13-3-5-14(20)6-4-13/h3-10,16H,1-2H3,(H,22,23,24). The zero-order valence-corrected chi connectivity index (χ0v) is 15.4. The number of ether oxygens (including phenoxy) is 1. The first-order valence-electron chi connectivity index (χ1n) is 8.27. The number of hydrogen-bond donors (Lipinski definition) is 1. The summed E-state index contributed by atoms with van der Waals surface area (Å²) in [6.45, 7) is 1.82. The van der Waals surface area contributed by atoms with E-state index >= 15 is 0 Å². The van der Waals surface area contributed by atoms with Crippen molar-refractivity contribution in [3.05, 3.63) is 70.6 Å². The number of carbonyl (C=O) groups is 1. The van der Waals surface area contributed by atoms with Crippen LogP contribution >= 0.6 is 11.6 Å². The van der Waals surface area contributed by atoms with Crippen LogP contribution in [0.4, 0.5) is 5.95 Å². The second kappa shape index (κ2) is 6.85. The fraction of sp³-hybridized carbons (Fsp3) is 0.158. The first-order valence-corrected chi connectivity index (χ1v) is 8.65. The minimum atomic E-state index is -0.467. The molecule has 1 atom stereocenters. The van der Waals surface area contributed by atoms with Crippen LogP contribution in [-0.4, -0.2) is 32.8 Å². The molecule has 0 aliphatic carbocycles. The summed E-state index contributed by atoms with van der Waals surface area (Å²) in [5.41, 5.74) is 2.84. The molecule has 1 aliphatic rings. The summed E-state index contributed by atoms with van der Waals surface area (Å²) in [6, 6.07) is 10.5. The van der Waals surface area contributed by atoms with Crippen molar-refractivity contribution in [3.63, 3.8) is 0 Å². The molecule has 0 fully saturated rings. The highest BCUT2D eigenvalue weighted by atomic mass is 35.5. The number of esters is 1. The van der Waals surface area contributed by atoms with Crippen LogP contribution in [0.1, 0.15) is 18.5 Å². The molecule has 2 aromatic heterocycles. The fourth-order valence-electron chi connectivity index (χ4n) is 3.10. The van der Waals surface area contributed by atoms with E-state index in [1.54, 1.807) is 29.2 Å². The Morgan fingerprint density at radius 2 is 1.89 bits per heavy atom. The number of aromatic nitrogens is 4. The number of carbonyl (C=O) groups excluding carboxylic acids is 1. The van der Waals surface area contributed by atoms with Crippen LogP contribution in [0.5, 0.6) is 0 Å². The Labute approximate surface area is 160 Å². The van der Waals surface area contributed by atoms with Crippen LogP contribution in [0.2, 0.25) is 5.02 Å². The lowest BCUT2D eigenvalue weighted by Crippen LogP contribution is -2.29. The molecule has 27 heavy (non-hydrogen) atoms. The maximum Gasteiger partial charge on any atom is 0.338 e. The molecule has 4 rings (SSSR count). The molecule has 1 unspecified atom stereocenters. The first kappa shape index (κ1) is 17.2. The molecule has 1 aliphatic heterocycles. The van der Waals surface area contributed by atoms with E-state index in [0.717, 1.165) is 11.1 Å². The van der Waals surface area contributed by atoms with Gasteiger partial charge in [0.1, 0.15) is 6.04 Å². The van der Waals surface area contributed by atoms with Gasteiger partial charge in [0.05, 0.1) is 12.7 Å². The van der Waals surface area contributed by atoms with Gasteiger partial charge in [-0.3, -0.25) is 4.98 Å². The zero-order valence-electron chi connectivity index (χ0n) is 14.7. The van der Waals surface area contributed by atoms with Gasteiger partial charge in [0.15, 0.2) is 5.82 Å². The molecule has 0 radical (unpaired) electrons. The largest absolute Gasteiger partial charge is 0.466 e. The van der Waals surface area contributed by atoms with Crippen molar-refractivity contribution in [1.82, 2.24) is 19.7 Å². The van der Waals surface area contributed by atoms with Gasteiger partial charge in [0.2, 0.25) is 5.95 Å². The topological polar surface area (TPSA) is 81.9 Å². The minimum absolute atomic E-state index is 0.420. The number of nitrogens with zero attached hydrogens (tertiary/aromatic N) is 4. The summed E-state index contributed by atoms with van der Waals surface area (Å²) in [6.07, 6.45) is 3.36. The molecule has 0 spiro atoms. The van der Waals surface area contributed by atoms with Crippen molar-refractivity contribution >= 4 is 23.5 Å². The third-order valence-corrected chi connectivity index (χ3v) is 4.63. The summed E-state index contributed by atoms with van der Waals surface area (Å²) >= 11 is 5.97. The number of allylic oxidation sites excluding steroid dienone is 1. The second-order valence-corrected chi connectivity index (χ2v) is 6.49. The van der Waals surface area contributed by atoms with Crippen molar-refractivity contribution < 1.29 is 9.53 Å². The second-order valence-electron chi connectivity index (χ2n) is 6.05. The maximum absolute atomic E-state index is 12.5. The lowest BCUT2D eigenvalue weighted by molar-refractivity contribution is -0.136. The molecule has 3 heterocycles. The molecule has 0 saturated carbocycles. The van der Waals surface area contributed by atoms with Crippen LogP contribution < -0.4 is 5.32 Å². The molecule has 8 heteroatoms. The van der Waals surface area contributed by atoms with Gasteiger partial charge in [-0.1, -0.05) is 11.6 Å². The molecule has 136 valence electrons. The van der Waals surface area contributed by atoms with Gasteiger partial charge in [-0.15, -0.1) is 5.10 Å². The summed E-state index contributed by atoms with van der Waals surface area (Å²) in [5.74, 6) is 0.662. The number of hydrogen-bond acceptors (Lipinski definition) is 6. The lowest BCUT2D eigenvalue weighted by Gasteiger charge is -2.27. The number of benzene rings is 1. The predicted molar refractivity (Wildman–Crippen MR) is 101 cm³/mol. The van der Waals surface area contributed by atoms with E-state index in [2.05, 4.69) is 20.4 Å². The van der Waals surface area contributed by atoms with Crippen molar-refractivity contribution in [1.29, 1.82) is 0 Å². The van der Waals surface area contributed by atoms with Crippen molar-refractivity contribution in [2.45, 2.75) is 13.0 Å². The number of methoxy groups -OCH3 is 1. The average molecular weight is 382 g/mol. The summed E-state index contributed by atoms with van der Waals surface area (Å²) in [4.78, 5) is 21.1. The van der Waals surface area contributed by atoms with Gasteiger partial charge in [-0.05, 0) is 48.9 Å². The van der Waals surface area contributed by atoms with E-state index < -0.39 is 12.0 Å². The van der Waals surface area contributed by atoms with Crippen molar-refractivity contribution in [3.8, 4) is 11.4 Å². The van der Waals surface area contributed by atoms with Gasteiger partial charge in [0.25, 0.3) is 0 Å². The third kappa shape index (κ3) is 3.06. The number of rotatable bonds is 3. The van der Waals surface area contributed by atoms with E-state index in [1.807, 2.05) is 31.2 Å². The average Bonchev–Trinajstić information content (AvgIpc) is 3.11. The van der Waals surface area contributed by atoms with Gasteiger partial charge in [0, 0.05) is 28.7 Å². The van der Waals surface area contributed by atoms with Crippen LogP contribution in [0, 0.1) is 0 Å². The number of halogens is 1. The van der Waals surface area contributed by atoms with Crippen LogP contribution in [0.15, 0.2) is 60.1 Å². The third-order valence-electron chi connectivity index (χ3n) is 4.38. The molecule has 3 aromatic rings. The number of fused-ring (bicyclic) bond motifs is 1. The number of anilines is 1. The van der Waals surface area contributed by atoms with E-state index in [4.69, 9.17) is 16.3 Å². The van der Waals surface area contributed by atoms with Crippen LogP contribution in [-0.2, 0) is 9.53 Å². The molecular formula is C19H16ClN5O2. The molecular weight excluding hydrogens is 366 g/mol. The Balaban J connectivity index is 1.86. The summed E-state index contributed by atoms with van der Waals surface area (Å²) in [5, 5.41) is 8.44. The van der Waals surface area contributed by atoms with Gasteiger partial charge >= 0.3 is 5.97 Å². The minimum Gasteiger partial charge on any atom is -0.466 e. The van der Waals surface area contributed by atoms with E-state index in [1.165, 1.54) is 7.11 Å². The molecule has 0 bridgehead atoms. The lowest BCUT2D eigenvalue weighted by atomic mass is 9.97. The number of pyridine rings is 1. The van der Waals surface area contributed by atoms with Crippen molar-refractivity contribution in [2.24, 2.45) is 0 Å². The highest BCUT2D eigenvalue weighted by molar-refractivity contribution is 6.30. The van der Waals surface area contributed by atoms with Gasteiger partial charge in [-0.2, -0.15) is 4.98 Å². The summed E-state index contributed by atoms with van der Waals surface area (Å²) in [7, 11) is 1.36. The van der Waals surface area contributed by atoms with Gasteiger partial charge in [-0.25, -0.2) is 9.48 Å². The van der Waals surface area contributed by atoms with Crippen LogP contribution in [0.3, 0.4) is 0 Å². The van der Waals surface area contributed by atoms with Crippen LogP contribution in [0.25, 0.3) is 11.4 Å². The van der Waals surface area contributed by atoms with Gasteiger partial charge < -0.3 is 10.1 Å². The van der Waals surface area contributed by atoms with E-state index in [0.29, 0.717) is 28.1 Å². The normalized spacial score (nSPS) is 15.9. The maximum atomic E-state index is 12.5. The first-order chi connectivity index (χ1) is 13.1. The Morgan fingerprint density at radius 3 is 2.56 bits per heavy atom. The van der Waals surface area contributed by atoms with E-state index in [9.17, 15) is 4.79 Å². The molecule has 7 nitrogen and oxygen atoms in total. The smallest absolute Gasteiger partial charge is 0.338 e. The Bertz CT molecular complexity index is 1030. The monoisotopic (exact) mass is 381 g/mol. The molecule has 0 amide bonds. The Morgan fingerprint density at radius 1 is 1.19 bits per heavy atom. The highest BCUT2D eigenvalue weighted by Crippen LogP contribution is 2.36. The van der Waals surface area contributed by atoms with E-state index in [-0.39, 0.29) is 0 Å². The quantitative estimate of drug-likeness (QED) is 0.700. The Kier molecular flexibility index (Phi) is 4.37. The highest BCUT2D eigenvalue weighted by Gasteiger charge is 2.34. The SMILES string of the molecule is COC(=O)C1=C(C)Nc2nc(-c3ccc(Cl)cc3)nn2C1c1ccncc1. The molecule has 0 saturated heterocycles. The predicted octanol–water partition coefficient (Wildman–Crippen LogP) is 3.46. The number of nitrogens with one attached hydrogen (secondary N) is 1. The zero-order chi connectivity index (χ0) is 19.0. The Hall–Kier alpha value is -3.19. The van der Waals surface area contributed by atoms with Crippen molar-refractivity contribution in [2.75, 3.05) is 12.4 Å². The molecule has 1 N–H and O–H groups in total. The summed E-state index contributed by atoms with van der Waals surface area (Å²) < 4.78 is 6.70. The fourth-order valence-corrected chi connectivity index (χ4v) is 3.23.